The van der Waals surface area contributed by atoms with E-state index >= 15 is 0 Å². The minimum atomic E-state index is 0.438. The Morgan fingerprint density at radius 3 is 2.39 bits per heavy atom. The van der Waals surface area contributed by atoms with Gasteiger partial charge in [0.1, 0.15) is 0 Å². The summed E-state index contributed by atoms with van der Waals surface area (Å²) in [6, 6.07) is 11.3. The summed E-state index contributed by atoms with van der Waals surface area (Å²) >= 11 is 0. The summed E-state index contributed by atoms with van der Waals surface area (Å²) in [5, 5.41) is 0. The number of aromatic nitrogens is 2. The first kappa shape index (κ1) is 15.9. The van der Waals surface area contributed by atoms with E-state index in [2.05, 4.69) is 45.2 Å². The predicted octanol–water partition coefficient (Wildman–Crippen LogP) is 3.33. The molecule has 0 unspecified atom stereocenters. The van der Waals surface area contributed by atoms with Gasteiger partial charge in [0.05, 0.1) is 7.11 Å². The number of methoxy groups -OCH3 is 1. The van der Waals surface area contributed by atoms with Gasteiger partial charge >= 0.3 is 6.01 Å². The van der Waals surface area contributed by atoms with Crippen molar-refractivity contribution in [2.45, 2.75) is 32.2 Å². The Morgan fingerprint density at radius 2 is 1.74 bits per heavy atom. The summed E-state index contributed by atoms with van der Waals surface area (Å²) in [6.45, 7) is 3.28. The molecule has 0 bridgehead atoms. The maximum atomic E-state index is 5.00. The Morgan fingerprint density at radius 1 is 1.04 bits per heavy atom. The summed E-state index contributed by atoms with van der Waals surface area (Å²) in [5.74, 6) is 0.860. The fourth-order valence-corrected chi connectivity index (χ4v) is 3.24. The first-order valence-corrected chi connectivity index (χ1v) is 8.44. The van der Waals surface area contributed by atoms with E-state index in [9.17, 15) is 0 Å². The molecule has 1 aromatic carbocycles. The average molecular weight is 311 g/mol. The van der Waals surface area contributed by atoms with Crippen molar-refractivity contribution >= 4 is 0 Å². The number of benzene rings is 1. The Labute approximate surface area is 138 Å². The van der Waals surface area contributed by atoms with Crippen molar-refractivity contribution in [2.75, 3.05) is 20.2 Å². The number of rotatable bonds is 6. The highest BCUT2D eigenvalue weighted by Gasteiger charge is 2.19. The van der Waals surface area contributed by atoms with Crippen molar-refractivity contribution in [2.24, 2.45) is 5.92 Å². The Balaban J connectivity index is 1.41. The van der Waals surface area contributed by atoms with Crippen LogP contribution in [0.3, 0.4) is 0 Å². The molecule has 1 saturated heterocycles. The van der Waals surface area contributed by atoms with Crippen LogP contribution >= 0.6 is 0 Å². The molecular weight excluding hydrogens is 286 g/mol. The van der Waals surface area contributed by atoms with Crippen molar-refractivity contribution in [1.29, 1.82) is 0 Å². The molecule has 2 heterocycles. The van der Waals surface area contributed by atoms with Crippen LogP contribution in [0.4, 0.5) is 0 Å². The van der Waals surface area contributed by atoms with Gasteiger partial charge in [-0.1, -0.05) is 30.3 Å². The van der Waals surface area contributed by atoms with Gasteiger partial charge in [0.25, 0.3) is 0 Å². The highest BCUT2D eigenvalue weighted by molar-refractivity contribution is 5.14. The van der Waals surface area contributed by atoms with Gasteiger partial charge in [0.2, 0.25) is 0 Å². The second-order valence-electron chi connectivity index (χ2n) is 6.32. The van der Waals surface area contributed by atoms with Gasteiger partial charge in [-0.2, -0.15) is 0 Å². The zero-order chi connectivity index (χ0) is 15.9. The van der Waals surface area contributed by atoms with Gasteiger partial charge in [-0.05, 0) is 50.3 Å². The minimum Gasteiger partial charge on any atom is -0.467 e. The maximum Gasteiger partial charge on any atom is 0.316 e. The number of ether oxygens (including phenoxy) is 1. The van der Waals surface area contributed by atoms with Gasteiger partial charge in [0.15, 0.2) is 0 Å². The van der Waals surface area contributed by atoms with E-state index < -0.39 is 0 Å². The van der Waals surface area contributed by atoms with Crippen LogP contribution < -0.4 is 4.74 Å². The van der Waals surface area contributed by atoms with Crippen LogP contribution in [0.5, 0.6) is 6.01 Å². The maximum absolute atomic E-state index is 5.00. The molecule has 4 heteroatoms. The van der Waals surface area contributed by atoms with E-state index in [1.807, 2.05) is 12.4 Å². The minimum absolute atomic E-state index is 0.438. The molecule has 1 aromatic heterocycles. The fraction of sp³-hybridized carbons (Fsp3) is 0.474. The summed E-state index contributed by atoms with van der Waals surface area (Å²) in [7, 11) is 1.59. The van der Waals surface area contributed by atoms with E-state index in [4.69, 9.17) is 4.74 Å². The number of piperidine rings is 1. The number of likely N-dealkylation sites (tertiary alicyclic amines) is 1. The molecule has 4 nitrogen and oxygen atoms in total. The summed E-state index contributed by atoms with van der Waals surface area (Å²) in [6.07, 6.45) is 8.84. The second-order valence-corrected chi connectivity index (χ2v) is 6.32. The molecule has 0 spiro atoms. The summed E-state index contributed by atoms with van der Waals surface area (Å²) in [5.41, 5.74) is 2.62. The number of hydrogen-bond donors (Lipinski definition) is 0. The Kier molecular flexibility index (Phi) is 5.59. The van der Waals surface area contributed by atoms with Crippen LogP contribution in [-0.2, 0) is 13.0 Å². The zero-order valence-corrected chi connectivity index (χ0v) is 13.8. The molecule has 0 saturated carbocycles. The van der Waals surface area contributed by atoms with Crippen molar-refractivity contribution in [3.8, 4) is 6.01 Å². The van der Waals surface area contributed by atoms with Crippen LogP contribution in [0.15, 0.2) is 42.7 Å². The predicted molar refractivity (Wildman–Crippen MR) is 91.3 cm³/mol. The third-order valence-corrected chi connectivity index (χ3v) is 4.66. The highest BCUT2D eigenvalue weighted by atomic mass is 16.5. The van der Waals surface area contributed by atoms with Crippen LogP contribution in [-0.4, -0.2) is 35.1 Å². The Bertz CT molecular complexity index is 577. The van der Waals surface area contributed by atoms with Crippen molar-refractivity contribution < 1.29 is 4.74 Å². The normalized spacial score (nSPS) is 16.4. The first-order chi connectivity index (χ1) is 11.3. The fourth-order valence-electron chi connectivity index (χ4n) is 3.24. The molecule has 0 radical (unpaired) electrons. The molecule has 0 amide bonds. The van der Waals surface area contributed by atoms with E-state index in [1.54, 1.807) is 7.11 Å². The number of hydrogen-bond acceptors (Lipinski definition) is 4. The SMILES string of the molecule is COc1ncc(CN2CCC(CCc3ccccc3)CC2)cn1. The van der Waals surface area contributed by atoms with E-state index in [0.29, 0.717) is 6.01 Å². The lowest BCUT2D eigenvalue weighted by Gasteiger charge is -2.31. The molecule has 0 N–H and O–H groups in total. The Hall–Kier alpha value is -1.94. The lowest BCUT2D eigenvalue weighted by atomic mass is 9.90. The van der Waals surface area contributed by atoms with Crippen molar-refractivity contribution in [3.05, 3.63) is 53.9 Å². The smallest absolute Gasteiger partial charge is 0.316 e. The van der Waals surface area contributed by atoms with Gasteiger partial charge in [0, 0.05) is 24.5 Å². The molecule has 1 aliphatic heterocycles. The third-order valence-electron chi connectivity index (χ3n) is 4.66. The summed E-state index contributed by atoms with van der Waals surface area (Å²) in [4.78, 5) is 10.9. The van der Waals surface area contributed by atoms with E-state index in [1.165, 1.54) is 44.3 Å². The standard InChI is InChI=1S/C19H25N3O/c1-23-19-20-13-18(14-21-19)15-22-11-9-17(10-12-22)8-7-16-5-3-2-4-6-16/h2-6,13-14,17H,7-12,15H2,1H3. The molecule has 0 aliphatic carbocycles. The summed E-state index contributed by atoms with van der Waals surface area (Å²) < 4.78 is 5.00. The first-order valence-electron chi connectivity index (χ1n) is 8.44. The van der Waals surface area contributed by atoms with Crippen molar-refractivity contribution in [1.82, 2.24) is 14.9 Å². The second kappa shape index (κ2) is 8.06. The van der Waals surface area contributed by atoms with Crippen molar-refractivity contribution in [3.63, 3.8) is 0 Å². The molecular formula is C19H25N3O. The third kappa shape index (κ3) is 4.76. The van der Waals surface area contributed by atoms with Gasteiger partial charge in [-0.25, -0.2) is 9.97 Å². The quantitative estimate of drug-likeness (QED) is 0.820. The molecule has 3 rings (SSSR count). The monoisotopic (exact) mass is 311 g/mol. The highest BCUT2D eigenvalue weighted by Crippen LogP contribution is 2.23. The lowest BCUT2D eigenvalue weighted by molar-refractivity contribution is 0.172. The van der Waals surface area contributed by atoms with Crippen LogP contribution in [0.1, 0.15) is 30.4 Å². The van der Waals surface area contributed by atoms with E-state index in [0.717, 1.165) is 18.0 Å². The molecule has 2 aromatic rings. The topological polar surface area (TPSA) is 38.2 Å². The van der Waals surface area contributed by atoms with E-state index in [-0.39, 0.29) is 0 Å². The van der Waals surface area contributed by atoms with Crippen LogP contribution in [0, 0.1) is 5.92 Å². The van der Waals surface area contributed by atoms with Crippen LogP contribution in [0.2, 0.25) is 0 Å². The molecule has 122 valence electrons. The van der Waals surface area contributed by atoms with Gasteiger partial charge in [-0.15, -0.1) is 0 Å². The molecule has 0 atom stereocenters. The van der Waals surface area contributed by atoms with Crippen LogP contribution in [0.25, 0.3) is 0 Å². The molecule has 1 aliphatic rings. The molecule has 23 heavy (non-hydrogen) atoms. The largest absolute Gasteiger partial charge is 0.467 e. The van der Waals surface area contributed by atoms with Gasteiger partial charge in [-0.3, -0.25) is 4.90 Å². The average Bonchev–Trinajstić information content (AvgIpc) is 2.63. The van der Waals surface area contributed by atoms with Gasteiger partial charge < -0.3 is 4.74 Å². The number of nitrogens with zero attached hydrogens (tertiary/aromatic N) is 3. The number of aryl methyl sites for hydroxylation is 1. The molecule has 1 fully saturated rings. The lowest BCUT2D eigenvalue weighted by Crippen LogP contribution is -2.33. The zero-order valence-electron chi connectivity index (χ0n) is 13.8.